The highest BCUT2D eigenvalue weighted by Crippen LogP contribution is 2.21. The molecular weight excluding hydrogens is 264 g/mol. The first-order valence-electron chi connectivity index (χ1n) is 6.58. The number of aliphatic hydroxyl groups is 1. The van der Waals surface area contributed by atoms with E-state index in [-0.39, 0.29) is 12.1 Å². The third-order valence-electron chi connectivity index (χ3n) is 3.48. The molecule has 0 aromatic heterocycles. The maximum absolute atomic E-state index is 11.8. The summed E-state index contributed by atoms with van der Waals surface area (Å²) in [5.41, 5.74) is 1.62. The Morgan fingerprint density at radius 3 is 2.79 bits per heavy atom. The fraction of sp³-hybridized carbons (Fsp3) is 0.500. The molecule has 2 unspecified atom stereocenters. The first-order valence-corrected chi connectivity index (χ1v) is 6.96. The van der Waals surface area contributed by atoms with Crippen molar-refractivity contribution < 1.29 is 9.90 Å². The second-order valence-corrected chi connectivity index (χ2v) is 5.43. The fourth-order valence-corrected chi connectivity index (χ4v) is 2.47. The smallest absolute Gasteiger partial charge is 0.319 e. The van der Waals surface area contributed by atoms with Crippen LogP contribution in [0, 0.1) is 6.92 Å². The molecule has 1 aromatic carbocycles. The van der Waals surface area contributed by atoms with Gasteiger partial charge in [0.05, 0.1) is 12.1 Å². The number of amides is 2. The van der Waals surface area contributed by atoms with E-state index in [0.717, 1.165) is 31.2 Å². The number of hydrogen-bond donors (Lipinski definition) is 3. The van der Waals surface area contributed by atoms with Gasteiger partial charge in [-0.2, -0.15) is 0 Å². The standard InChI is InChI=1S/C14H19ClN2O2/c1-9-6-7-10(8-11(9)15)16-14(19)17-12-4-2-3-5-13(12)18/h6-8,12-13,18H,2-5H2,1H3,(H2,16,17,19). The lowest BCUT2D eigenvalue weighted by molar-refractivity contribution is 0.0955. The molecule has 0 bridgehead atoms. The number of benzene rings is 1. The van der Waals surface area contributed by atoms with E-state index >= 15 is 0 Å². The highest BCUT2D eigenvalue weighted by molar-refractivity contribution is 6.31. The zero-order chi connectivity index (χ0) is 13.8. The monoisotopic (exact) mass is 282 g/mol. The highest BCUT2D eigenvalue weighted by Gasteiger charge is 2.24. The van der Waals surface area contributed by atoms with Crippen molar-refractivity contribution in [1.82, 2.24) is 5.32 Å². The van der Waals surface area contributed by atoms with Crippen LogP contribution in [0.25, 0.3) is 0 Å². The number of aryl methyl sites for hydroxylation is 1. The Hall–Kier alpha value is -1.26. The normalized spacial score (nSPS) is 22.9. The van der Waals surface area contributed by atoms with Crippen LogP contribution in [0.1, 0.15) is 31.2 Å². The number of urea groups is 1. The number of nitrogens with one attached hydrogen (secondary N) is 2. The molecule has 2 amide bonds. The van der Waals surface area contributed by atoms with Crippen molar-refractivity contribution in [2.75, 3.05) is 5.32 Å². The van der Waals surface area contributed by atoms with E-state index in [1.54, 1.807) is 12.1 Å². The van der Waals surface area contributed by atoms with Crippen LogP contribution in [-0.2, 0) is 0 Å². The van der Waals surface area contributed by atoms with Crippen molar-refractivity contribution >= 4 is 23.3 Å². The van der Waals surface area contributed by atoms with E-state index < -0.39 is 6.10 Å². The molecule has 1 aliphatic carbocycles. The van der Waals surface area contributed by atoms with Gasteiger partial charge in [0, 0.05) is 10.7 Å². The minimum atomic E-state index is -0.443. The van der Waals surface area contributed by atoms with Gasteiger partial charge in [-0.3, -0.25) is 0 Å². The van der Waals surface area contributed by atoms with Gasteiger partial charge >= 0.3 is 6.03 Å². The number of halogens is 1. The zero-order valence-electron chi connectivity index (χ0n) is 10.9. The minimum absolute atomic E-state index is 0.158. The van der Waals surface area contributed by atoms with Crippen molar-refractivity contribution in [3.63, 3.8) is 0 Å². The van der Waals surface area contributed by atoms with Crippen molar-refractivity contribution in [2.45, 2.75) is 44.8 Å². The molecule has 1 aromatic rings. The van der Waals surface area contributed by atoms with Gasteiger partial charge in [-0.25, -0.2) is 4.79 Å². The largest absolute Gasteiger partial charge is 0.391 e. The molecular formula is C14H19ClN2O2. The molecule has 0 radical (unpaired) electrons. The number of rotatable bonds is 2. The molecule has 0 aliphatic heterocycles. The average molecular weight is 283 g/mol. The Balaban J connectivity index is 1.91. The van der Waals surface area contributed by atoms with Gasteiger partial charge in [-0.1, -0.05) is 30.5 Å². The number of carbonyl (C=O) groups excluding carboxylic acids is 1. The Morgan fingerprint density at radius 1 is 1.37 bits per heavy atom. The molecule has 0 spiro atoms. The highest BCUT2D eigenvalue weighted by atomic mass is 35.5. The van der Waals surface area contributed by atoms with Crippen LogP contribution in [0.4, 0.5) is 10.5 Å². The van der Waals surface area contributed by atoms with Gasteiger partial charge < -0.3 is 15.7 Å². The Bertz CT molecular complexity index is 465. The molecule has 0 saturated heterocycles. The van der Waals surface area contributed by atoms with Gasteiger partial charge in [0.25, 0.3) is 0 Å². The van der Waals surface area contributed by atoms with Crippen molar-refractivity contribution in [3.05, 3.63) is 28.8 Å². The van der Waals surface area contributed by atoms with Crippen LogP contribution in [0.5, 0.6) is 0 Å². The van der Waals surface area contributed by atoms with Gasteiger partial charge in [0.15, 0.2) is 0 Å². The van der Waals surface area contributed by atoms with E-state index in [9.17, 15) is 9.90 Å². The maximum atomic E-state index is 11.8. The lowest BCUT2D eigenvalue weighted by Crippen LogP contribution is -2.46. The number of aliphatic hydroxyl groups excluding tert-OH is 1. The second kappa shape index (κ2) is 6.26. The lowest BCUT2D eigenvalue weighted by atomic mass is 9.93. The summed E-state index contributed by atoms with van der Waals surface area (Å²) in [7, 11) is 0. The second-order valence-electron chi connectivity index (χ2n) is 5.02. The minimum Gasteiger partial charge on any atom is -0.391 e. The van der Waals surface area contributed by atoms with Crippen LogP contribution < -0.4 is 10.6 Å². The summed E-state index contributed by atoms with van der Waals surface area (Å²) < 4.78 is 0. The van der Waals surface area contributed by atoms with Gasteiger partial charge in [0.1, 0.15) is 0 Å². The molecule has 19 heavy (non-hydrogen) atoms. The van der Waals surface area contributed by atoms with Crippen molar-refractivity contribution in [1.29, 1.82) is 0 Å². The summed E-state index contributed by atoms with van der Waals surface area (Å²) in [6.07, 6.45) is 3.19. The Labute approximate surface area is 118 Å². The molecule has 3 N–H and O–H groups in total. The lowest BCUT2D eigenvalue weighted by Gasteiger charge is -2.28. The van der Waals surface area contributed by atoms with Gasteiger partial charge in [0.2, 0.25) is 0 Å². The first kappa shape index (κ1) is 14.2. The van der Waals surface area contributed by atoms with Crippen molar-refractivity contribution in [3.8, 4) is 0 Å². The van der Waals surface area contributed by atoms with E-state index in [2.05, 4.69) is 10.6 Å². The molecule has 4 nitrogen and oxygen atoms in total. The molecule has 1 fully saturated rings. The number of hydrogen-bond acceptors (Lipinski definition) is 2. The van der Waals surface area contributed by atoms with Crippen LogP contribution in [0.2, 0.25) is 5.02 Å². The van der Waals surface area contributed by atoms with Crippen LogP contribution in [-0.4, -0.2) is 23.3 Å². The van der Waals surface area contributed by atoms with E-state index in [0.29, 0.717) is 10.7 Å². The summed E-state index contributed by atoms with van der Waals surface area (Å²) in [5.74, 6) is 0. The fourth-order valence-electron chi connectivity index (χ4n) is 2.29. The van der Waals surface area contributed by atoms with E-state index in [1.165, 1.54) is 0 Å². The van der Waals surface area contributed by atoms with Crippen molar-refractivity contribution in [2.24, 2.45) is 0 Å². The summed E-state index contributed by atoms with van der Waals surface area (Å²) in [6, 6.07) is 4.92. The third-order valence-corrected chi connectivity index (χ3v) is 3.88. The Morgan fingerprint density at radius 2 is 2.11 bits per heavy atom. The van der Waals surface area contributed by atoms with Crippen LogP contribution >= 0.6 is 11.6 Å². The maximum Gasteiger partial charge on any atom is 0.319 e. The van der Waals surface area contributed by atoms with Crippen LogP contribution in [0.3, 0.4) is 0 Å². The SMILES string of the molecule is Cc1ccc(NC(=O)NC2CCCCC2O)cc1Cl. The van der Waals surface area contributed by atoms with E-state index in [1.807, 2.05) is 13.0 Å². The average Bonchev–Trinajstić information content (AvgIpc) is 2.37. The summed E-state index contributed by atoms with van der Waals surface area (Å²) in [5, 5.41) is 16.0. The van der Waals surface area contributed by atoms with Crippen LogP contribution in [0.15, 0.2) is 18.2 Å². The molecule has 1 saturated carbocycles. The third kappa shape index (κ3) is 3.85. The number of carbonyl (C=O) groups is 1. The molecule has 2 rings (SSSR count). The predicted molar refractivity (Wildman–Crippen MR) is 76.6 cm³/mol. The number of anilines is 1. The Kier molecular flexibility index (Phi) is 4.66. The zero-order valence-corrected chi connectivity index (χ0v) is 11.7. The predicted octanol–water partition coefficient (Wildman–Crippen LogP) is 3.07. The molecule has 2 atom stereocenters. The topological polar surface area (TPSA) is 61.4 Å². The summed E-state index contributed by atoms with van der Waals surface area (Å²) in [6.45, 7) is 1.91. The first-order chi connectivity index (χ1) is 9.06. The molecule has 5 heteroatoms. The van der Waals surface area contributed by atoms with E-state index in [4.69, 9.17) is 11.6 Å². The van der Waals surface area contributed by atoms with Gasteiger partial charge in [-0.05, 0) is 37.5 Å². The molecule has 1 aliphatic rings. The summed E-state index contributed by atoms with van der Waals surface area (Å²) in [4.78, 5) is 11.8. The summed E-state index contributed by atoms with van der Waals surface area (Å²) >= 11 is 6.00. The quantitative estimate of drug-likeness (QED) is 0.781. The molecule has 104 valence electrons. The van der Waals surface area contributed by atoms with Gasteiger partial charge in [-0.15, -0.1) is 0 Å². The molecule has 0 heterocycles.